The Labute approximate surface area is 185 Å². The van der Waals surface area contributed by atoms with Crippen LogP contribution in [0.15, 0.2) is 53.7 Å². The second-order valence-corrected chi connectivity index (χ2v) is 8.24. The lowest BCUT2D eigenvalue weighted by Gasteiger charge is -2.04. The number of nitrogens with zero attached hydrogens (tertiary/aromatic N) is 5. The van der Waals surface area contributed by atoms with E-state index in [2.05, 4.69) is 25.7 Å². The van der Waals surface area contributed by atoms with Gasteiger partial charge in [-0.05, 0) is 36.4 Å². The summed E-state index contributed by atoms with van der Waals surface area (Å²) in [6.07, 6.45) is 0. The minimum Gasteiger partial charge on any atom is -0.496 e. The molecule has 0 radical (unpaired) electrons. The van der Waals surface area contributed by atoms with Crippen LogP contribution in [0.25, 0.3) is 22.0 Å². The zero-order valence-electron chi connectivity index (χ0n) is 16.6. The summed E-state index contributed by atoms with van der Waals surface area (Å²) >= 11 is 2.51. The van der Waals surface area contributed by atoms with Crippen molar-refractivity contribution in [1.82, 2.24) is 25.0 Å². The van der Waals surface area contributed by atoms with Crippen LogP contribution in [-0.4, -0.2) is 43.7 Å². The molecular weight excluding hydrogens is 439 g/mol. The Hall–Kier alpha value is -3.31. The Kier molecular flexibility index (Phi) is 6.23. The molecule has 0 saturated heterocycles. The average molecular weight is 457 g/mol. The van der Waals surface area contributed by atoms with E-state index in [4.69, 9.17) is 4.74 Å². The van der Waals surface area contributed by atoms with Gasteiger partial charge in [-0.2, -0.15) is 0 Å². The monoisotopic (exact) mass is 456 g/mol. The molecule has 0 aliphatic heterocycles. The highest BCUT2D eigenvalue weighted by Crippen LogP contribution is 2.33. The quantitative estimate of drug-likeness (QED) is 0.422. The minimum absolute atomic E-state index is 0.124. The number of methoxy groups -OCH3 is 1. The number of nitrogens with one attached hydrogen (secondary N) is 1. The van der Waals surface area contributed by atoms with Gasteiger partial charge in [-0.1, -0.05) is 35.2 Å². The summed E-state index contributed by atoms with van der Waals surface area (Å²) in [7, 11) is 3.39. The number of halogens is 1. The van der Waals surface area contributed by atoms with Crippen LogP contribution in [0.2, 0.25) is 0 Å². The van der Waals surface area contributed by atoms with Crippen LogP contribution in [0, 0.1) is 5.82 Å². The molecule has 0 bridgehead atoms. The van der Waals surface area contributed by atoms with Gasteiger partial charge in [0.1, 0.15) is 11.6 Å². The Balaban J connectivity index is 1.38. The lowest BCUT2D eigenvalue weighted by molar-refractivity contribution is -0.113. The summed E-state index contributed by atoms with van der Waals surface area (Å²) in [4.78, 5) is 12.4. The second kappa shape index (κ2) is 9.23. The SMILES string of the molecule is COc1ccccc1-c1nnc(NC(=O)CSc2nnc(-c3ccc(F)cc3)n2C)s1. The number of ether oxygens (including phenoxy) is 1. The predicted molar refractivity (Wildman–Crippen MR) is 118 cm³/mol. The first-order valence-corrected chi connectivity index (χ1v) is 10.9. The number of thioether (sulfide) groups is 1. The van der Waals surface area contributed by atoms with Crippen LogP contribution in [0.3, 0.4) is 0 Å². The molecule has 4 aromatic rings. The molecule has 4 rings (SSSR count). The van der Waals surface area contributed by atoms with Gasteiger partial charge in [0.05, 0.1) is 18.4 Å². The molecule has 8 nitrogen and oxygen atoms in total. The number of rotatable bonds is 7. The van der Waals surface area contributed by atoms with Gasteiger partial charge >= 0.3 is 0 Å². The highest BCUT2D eigenvalue weighted by molar-refractivity contribution is 7.99. The van der Waals surface area contributed by atoms with Crippen LogP contribution < -0.4 is 10.1 Å². The molecule has 0 aliphatic rings. The van der Waals surface area contributed by atoms with E-state index in [-0.39, 0.29) is 17.5 Å². The number of amides is 1. The Morgan fingerprint density at radius 1 is 1.13 bits per heavy atom. The van der Waals surface area contributed by atoms with Crippen molar-refractivity contribution in [3.8, 4) is 27.7 Å². The van der Waals surface area contributed by atoms with E-state index in [1.807, 2.05) is 24.3 Å². The van der Waals surface area contributed by atoms with Crippen LogP contribution >= 0.6 is 23.1 Å². The lowest BCUT2D eigenvalue weighted by Crippen LogP contribution is -2.14. The number of carbonyl (C=O) groups excluding carboxylic acids is 1. The van der Waals surface area contributed by atoms with Crippen LogP contribution in [0.1, 0.15) is 0 Å². The van der Waals surface area contributed by atoms with E-state index in [9.17, 15) is 9.18 Å². The fourth-order valence-electron chi connectivity index (χ4n) is 2.78. The third-order valence-electron chi connectivity index (χ3n) is 4.28. The number of anilines is 1. The molecule has 0 spiro atoms. The van der Waals surface area contributed by atoms with E-state index < -0.39 is 0 Å². The number of hydrogen-bond acceptors (Lipinski definition) is 8. The summed E-state index contributed by atoms with van der Waals surface area (Å²) in [6, 6.07) is 13.5. The zero-order valence-corrected chi connectivity index (χ0v) is 18.2. The van der Waals surface area contributed by atoms with Crippen molar-refractivity contribution >= 4 is 34.1 Å². The highest BCUT2D eigenvalue weighted by atomic mass is 32.2. The van der Waals surface area contributed by atoms with Crippen LogP contribution in [0.5, 0.6) is 5.75 Å². The van der Waals surface area contributed by atoms with Gasteiger partial charge in [0, 0.05) is 12.6 Å². The van der Waals surface area contributed by atoms with Crippen molar-refractivity contribution in [3.05, 3.63) is 54.3 Å². The van der Waals surface area contributed by atoms with Crippen molar-refractivity contribution in [2.24, 2.45) is 7.05 Å². The fraction of sp³-hybridized carbons (Fsp3) is 0.150. The van der Waals surface area contributed by atoms with Gasteiger partial charge < -0.3 is 9.30 Å². The Bertz CT molecular complexity index is 1210. The van der Waals surface area contributed by atoms with Crippen molar-refractivity contribution in [1.29, 1.82) is 0 Å². The van der Waals surface area contributed by atoms with E-state index in [1.165, 1.54) is 35.2 Å². The summed E-state index contributed by atoms with van der Waals surface area (Å²) in [5.74, 6) is 0.848. The van der Waals surface area contributed by atoms with E-state index >= 15 is 0 Å². The molecule has 2 aromatic carbocycles. The molecule has 1 N–H and O–H groups in total. The number of hydrogen-bond donors (Lipinski definition) is 1. The molecule has 0 aliphatic carbocycles. The third kappa shape index (κ3) is 4.72. The largest absolute Gasteiger partial charge is 0.496 e. The smallest absolute Gasteiger partial charge is 0.236 e. The third-order valence-corrected chi connectivity index (χ3v) is 6.17. The number of carbonyl (C=O) groups is 1. The molecule has 2 aromatic heterocycles. The average Bonchev–Trinajstić information content (AvgIpc) is 3.39. The van der Waals surface area contributed by atoms with Gasteiger partial charge in [0.2, 0.25) is 11.0 Å². The molecule has 158 valence electrons. The molecule has 0 unspecified atom stereocenters. The van der Waals surface area contributed by atoms with Gasteiger partial charge in [-0.25, -0.2) is 4.39 Å². The molecule has 1 amide bonds. The molecule has 0 fully saturated rings. The maximum absolute atomic E-state index is 13.1. The maximum atomic E-state index is 13.1. The van der Waals surface area contributed by atoms with Gasteiger partial charge in [-0.3, -0.25) is 10.1 Å². The predicted octanol–water partition coefficient (Wildman–Crippen LogP) is 3.88. The topological polar surface area (TPSA) is 94.8 Å². The first-order valence-electron chi connectivity index (χ1n) is 9.10. The molecule has 0 saturated carbocycles. The normalized spacial score (nSPS) is 10.8. The molecule has 0 atom stereocenters. The fourth-order valence-corrected chi connectivity index (χ4v) is 4.28. The molecule has 2 heterocycles. The van der Waals surface area contributed by atoms with Crippen molar-refractivity contribution in [2.75, 3.05) is 18.2 Å². The van der Waals surface area contributed by atoms with Crippen molar-refractivity contribution in [2.45, 2.75) is 5.16 Å². The van der Waals surface area contributed by atoms with Crippen molar-refractivity contribution in [3.63, 3.8) is 0 Å². The summed E-state index contributed by atoms with van der Waals surface area (Å²) in [5, 5.41) is 20.8. The Morgan fingerprint density at radius 3 is 2.68 bits per heavy atom. The Morgan fingerprint density at radius 2 is 1.90 bits per heavy atom. The maximum Gasteiger partial charge on any atom is 0.236 e. The molecular formula is C20H17FN6O2S2. The zero-order chi connectivity index (χ0) is 21.8. The van der Waals surface area contributed by atoms with Crippen molar-refractivity contribution < 1.29 is 13.9 Å². The number of para-hydroxylation sites is 1. The number of aromatic nitrogens is 5. The molecule has 31 heavy (non-hydrogen) atoms. The lowest BCUT2D eigenvalue weighted by atomic mass is 10.2. The van der Waals surface area contributed by atoms with Gasteiger partial charge in [0.15, 0.2) is 16.0 Å². The number of benzene rings is 2. The molecule has 11 heteroatoms. The van der Waals surface area contributed by atoms with Gasteiger partial charge in [0.25, 0.3) is 0 Å². The van der Waals surface area contributed by atoms with E-state index in [1.54, 1.807) is 30.9 Å². The van der Waals surface area contributed by atoms with Crippen LogP contribution in [-0.2, 0) is 11.8 Å². The second-order valence-electron chi connectivity index (χ2n) is 6.32. The summed E-state index contributed by atoms with van der Waals surface area (Å²) < 4.78 is 20.2. The minimum atomic E-state index is -0.317. The summed E-state index contributed by atoms with van der Waals surface area (Å²) in [6.45, 7) is 0. The summed E-state index contributed by atoms with van der Waals surface area (Å²) in [5.41, 5.74) is 1.55. The van der Waals surface area contributed by atoms with E-state index in [0.29, 0.717) is 26.9 Å². The standard InChI is InChI=1S/C20H17FN6O2S2/c1-27-17(12-7-9-13(21)10-8-12)23-26-20(27)30-11-16(28)22-19-25-24-18(31-19)14-5-3-4-6-15(14)29-2/h3-10H,11H2,1-2H3,(H,22,25,28). The first-order chi connectivity index (χ1) is 15.0. The van der Waals surface area contributed by atoms with Crippen LogP contribution in [0.4, 0.5) is 9.52 Å². The van der Waals surface area contributed by atoms with E-state index in [0.717, 1.165) is 11.1 Å². The highest BCUT2D eigenvalue weighted by Gasteiger charge is 2.15. The van der Waals surface area contributed by atoms with Gasteiger partial charge in [-0.15, -0.1) is 20.4 Å². The first kappa shape index (κ1) is 20.9.